The molecule has 8 heteroatoms. The van der Waals surface area contributed by atoms with Gasteiger partial charge in [0, 0.05) is 26.7 Å². The minimum atomic E-state index is -0.349. The smallest absolute Gasteiger partial charge is 0.271 e. The Balaban J connectivity index is 1.31. The van der Waals surface area contributed by atoms with Gasteiger partial charge in [0.1, 0.15) is 30.5 Å². The molecule has 0 radical (unpaired) electrons. The van der Waals surface area contributed by atoms with Crippen molar-refractivity contribution in [2.75, 3.05) is 7.11 Å². The fourth-order valence-corrected chi connectivity index (χ4v) is 3.83. The minimum absolute atomic E-state index is 0.283. The van der Waals surface area contributed by atoms with E-state index in [-0.39, 0.29) is 12.5 Å². The molecule has 0 saturated carbocycles. The fourth-order valence-electron chi connectivity index (χ4n) is 3.37. The van der Waals surface area contributed by atoms with Crippen molar-refractivity contribution in [1.82, 2.24) is 5.43 Å². The molecule has 0 atom stereocenters. The minimum Gasteiger partial charge on any atom is -0.497 e. The van der Waals surface area contributed by atoms with Crippen LogP contribution in [0.1, 0.15) is 27.0 Å². The van der Waals surface area contributed by atoms with Gasteiger partial charge >= 0.3 is 0 Å². The van der Waals surface area contributed by atoms with Crippen LogP contribution in [0.5, 0.6) is 17.2 Å². The molecule has 0 fully saturated rings. The van der Waals surface area contributed by atoms with Gasteiger partial charge in [0.2, 0.25) is 0 Å². The van der Waals surface area contributed by atoms with E-state index in [2.05, 4.69) is 10.5 Å². The van der Waals surface area contributed by atoms with E-state index in [1.165, 1.54) is 0 Å². The van der Waals surface area contributed by atoms with Crippen LogP contribution in [0.15, 0.2) is 96.1 Å². The third-order valence-corrected chi connectivity index (χ3v) is 5.93. The number of hydrogen-bond donors (Lipinski definition) is 1. The Bertz CT molecular complexity index is 1390. The third-order valence-electron chi connectivity index (χ3n) is 5.34. The van der Waals surface area contributed by atoms with Crippen molar-refractivity contribution in [2.24, 2.45) is 5.10 Å². The summed E-state index contributed by atoms with van der Waals surface area (Å²) in [5, 5.41) is 5.20. The zero-order valence-electron chi connectivity index (χ0n) is 20.0. The molecule has 0 aromatic heterocycles. The maximum Gasteiger partial charge on any atom is 0.271 e. The van der Waals surface area contributed by atoms with Crippen LogP contribution in [-0.2, 0) is 13.2 Å². The van der Waals surface area contributed by atoms with E-state index in [0.717, 1.165) is 22.4 Å². The average molecular weight is 535 g/mol. The Kier molecular flexibility index (Phi) is 9.03. The molecular weight excluding hydrogens is 511 g/mol. The van der Waals surface area contributed by atoms with Crippen molar-refractivity contribution >= 4 is 35.3 Å². The van der Waals surface area contributed by atoms with Crippen molar-refractivity contribution in [3.05, 3.63) is 123 Å². The van der Waals surface area contributed by atoms with Gasteiger partial charge in [-0.3, -0.25) is 4.79 Å². The van der Waals surface area contributed by atoms with Gasteiger partial charge in [-0.15, -0.1) is 0 Å². The first-order valence-electron chi connectivity index (χ1n) is 11.4. The summed E-state index contributed by atoms with van der Waals surface area (Å²) in [6, 6.07) is 27.1. The Morgan fingerprint density at radius 3 is 2.46 bits per heavy atom. The zero-order valence-corrected chi connectivity index (χ0v) is 21.5. The highest BCUT2D eigenvalue weighted by molar-refractivity contribution is 6.35. The molecule has 0 aliphatic rings. The maximum absolute atomic E-state index is 12.5. The van der Waals surface area contributed by atoms with Gasteiger partial charge in [-0.2, -0.15) is 5.10 Å². The van der Waals surface area contributed by atoms with Crippen LogP contribution in [0.3, 0.4) is 0 Å². The molecule has 188 valence electrons. The van der Waals surface area contributed by atoms with Crippen LogP contribution in [0, 0.1) is 0 Å². The van der Waals surface area contributed by atoms with Gasteiger partial charge in [-0.1, -0.05) is 53.5 Å². The summed E-state index contributed by atoms with van der Waals surface area (Å²) in [5.41, 5.74) is 5.50. The number of amides is 1. The van der Waals surface area contributed by atoms with Gasteiger partial charge in [0.05, 0.1) is 13.3 Å². The predicted octanol–water partition coefficient (Wildman–Crippen LogP) is 6.92. The largest absolute Gasteiger partial charge is 0.497 e. The van der Waals surface area contributed by atoms with E-state index in [9.17, 15) is 4.79 Å². The molecular formula is C29H24Cl2N2O4. The molecule has 0 unspecified atom stereocenters. The van der Waals surface area contributed by atoms with E-state index in [1.54, 1.807) is 49.7 Å². The van der Waals surface area contributed by atoms with Gasteiger partial charge in [-0.05, 0) is 66.2 Å². The number of nitrogens with one attached hydrogen (secondary N) is 1. The quantitative estimate of drug-likeness (QED) is 0.177. The van der Waals surface area contributed by atoms with Crippen molar-refractivity contribution in [2.45, 2.75) is 13.2 Å². The number of rotatable bonds is 10. The number of methoxy groups -OCH3 is 1. The maximum atomic E-state index is 12.5. The number of carbonyl (C=O) groups is 1. The lowest BCUT2D eigenvalue weighted by Gasteiger charge is -2.10. The number of hydrogen-bond acceptors (Lipinski definition) is 5. The standard InChI is InChI=1S/C29H24Cl2N2O4/c1-35-26-7-4-5-20(15-26)18-37-28-8-3-2-6-22(28)17-32-33-29(34)21-10-13-25(14-11-21)36-19-23-9-12-24(30)16-27(23)31/h2-17H,18-19H2,1H3,(H,33,34)/b32-17-. The monoisotopic (exact) mass is 534 g/mol. The lowest BCUT2D eigenvalue weighted by atomic mass is 10.2. The lowest BCUT2D eigenvalue weighted by Crippen LogP contribution is -2.17. The molecule has 4 aromatic rings. The molecule has 37 heavy (non-hydrogen) atoms. The lowest BCUT2D eigenvalue weighted by molar-refractivity contribution is 0.0955. The molecule has 6 nitrogen and oxygen atoms in total. The first-order valence-corrected chi connectivity index (χ1v) is 12.1. The third kappa shape index (κ3) is 7.49. The second-order valence-corrected chi connectivity index (χ2v) is 8.77. The molecule has 0 aliphatic heterocycles. The SMILES string of the molecule is COc1cccc(COc2ccccc2/C=N\NC(=O)c2ccc(OCc3ccc(Cl)cc3Cl)cc2)c1. The van der Waals surface area contributed by atoms with E-state index in [0.29, 0.717) is 33.7 Å². The second kappa shape index (κ2) is 12.8. The number of hydrazone groups is 1. The second-order valence-electron chi connectivity index (χ2n) is 7.93. The summed E-state index contributed by atoms with van der Waals surface area (Å²) in [6.45, 7) is 0.651. The molecule has 1 amide bonds. The number of nitrogens with zero attached hydrogens (tertiary/aromatic N) is 1. The Morgan fingerprint density at radius 2 is 1.68 bits per heavy atom. The summed E-state index contributed by atoms with van der Waals surface area (Å²) in [4.78, 5) is 12.5. The van der Waals surface area contributed by atoms with Crippen LogP contribution in [0.2, 0.25) is 10.0 Å². The Morgan fingerprint density at radius 1 is 0.865 bits per heavy atom. The molecule has 0 spiro atoms. The van der Waals surface area contributed by atoms with Crippen molar-refractivity contribution < 1.29 is 19.0 Å². The first-order chi connectivity index (χ1) is 18.0. The summed E-state index contributed by atoms with van der Waals surface area (Å²) < 4.78 is 17.0. The predicted molar refractivity (Wildman–Crippen MR) is 146 cm³/mol. The van der Waals surface area contributed by atoms with E-state index in [4.69, 9.17) is 37.4 Å². The van der Waals surface area contributed by atoms with Crippen LogP contribution >= 0.6 is 23.2 Å². The van der Waals surface area contributed by atoms with Gasteiger partial charge in [0.25, 0.3) is 5.91 Å². The molecule has 0 bridgehead atoms. The highest BCUT2D eigenvalue weighted by Gasteiger charge is 2.07. The molecule has 4 aromatic carbocycles. The van der Waals surface area contributed by atoms with E-state index in [1.807, 2.05) is 54.6 Å². The van der Waals surface area contributed by atoms with Crippen molar-refractivity contribution in [3.8, 4) is 17.2 Å². The highest BCUT2D eigenvalue weighted by atomic mass is 35.5. The molecule has 1 N–H and O–H groups in total. The first kappa shape index (κ1) is 26.1. The average Bonchev–Trinajstić information content (AvgIpc) is 2.92. The number of halogens is 2. The van der Waals surface area contributed by atoms with Gasteiger partial charge in [-0.25, -0.2) is 5.43 Å². The Hall–Kier alpha value is -4.00. The van der Waals surface area contributed by atoms with Crippen LogP contribution in [-0.4, -0.2) is 19.2 Å². The topological polar surface area (TPSA) is 69.2 Å². The molecule has 0 saturated heterocycles. The van der Waals surface area contributed by atoms with Crippen LogP contribution in [0.25, 0.3) is 0 Å². The van der Waals surface area contributed by atoms with Gasteiger partial charge < -0.3 is 14.2 Å². The van der Waals surface area contributed by atoms with Crippen molar-refractivity contribution in [1.29, 1.82) is 0 Å². The number of carbonyl (C=O) groups excluding carboxylic acids is 1. The van der Waals surface area contributed by atoms with Crippen LogP contribution in [0.4, 0.5) is 0 Å². The zero-order chi connectivity index (χ0) is 26.0. The fraction of sp³-hybridized carbons (Fsp3) is 0.103. The number of benzene rings is 4. The molecule has 4 rings (SSSR count). The van der Waals surface area contributed by atoms with Crippen molar-refractivity contribution in [3.63, 3.8) is 0 Å². The summed E-state index contributed by atoms with van der Waals surface area (Å²) >= 11 is 12.1. The van der Waals surface area contributed by atoms with E-state index >= 15 is 0 Å². The van der Waals surface area contributed by atoms with Crippen LogP contribution < -0.4 is 19.6 Å². The summed E-state index contributed by atoms with van der Waals surface area (Å²) in [5.74, 6) is 1.67. The van der Waals surface area contributed by atoms with Gasteiger partial charge in [0.15, 0.2) is 0 Å². The molecule has 0 heterocycles. The molecule has 0 aliphatic carbocycles. The highest BCUT2D eigenvalue weighted by Crippen LogP contribution is 2.23. The van der Waals surface area contributed by atoms with E-state index < -0.39 is 0 Å². The Labute approximate surface area is 225 Å². The summed E-state index contributed by atoms with van der Waals surface area (Å²) in [7, 11) is 1.63. The summed E-state index contributed by atoms with van der Waals surface area (Å²) in [6.07, 6.45) is 1.55. The normalized spacial score (nSPS) is 10.8. The number of para-hydroxylation sites is 1. The number of ether oxygens (including phenoxy) is 3.